The highest BCUT2D eigenvalue weighted by molar-refractivity contribution is 6.07. The quantitative estimate of drug-likeness (QED) is 0.521. The fraction of sp³-hybridized carbons (Fsp3) is 0.0455. The summed E-state index contributed by atoms with van der Waals surface area (Å²) in [6, 6.07) is 13.9. The molecule has 0 radical (unpaired) electrons. The summed E-state index contributed by atoms with van der Waals surface area (Å²) in [4.78, 5) is 4.09. The summed E-state index contributed by atoms with van der Waals surface area (Å²) < 4.78 is 15.2. The Morgan fingerprint density at radius 3 is 2.43 bits per heavy atom. The van der Waals surface area contributed by atoms with Crippen LogP contribution in [0.5, 0.6) is 0 Å². The fourth-order valence-corrected chi connectivity index (χ4v) is 3.13. The first kappa shape index (κ1) is 17.6. The molecular formula is C22H18FN5. The largest absolute Gasteiger partial charge is 0.402 e. The summed E-state index contributed by atoms with van der Waals surface area (Å²) in [5, 5.41) is 12.9. The molecule has 0 aliphatic heterocycles. The molecule has 0 amide bonds. The third-order valence-electron chi connectivity index (χ3n) is 4.40. The van der Waals surface area contributed by atoms with Gasteiger partial charge >= 0.3 is 0 Å². The van der Waals surface area contributed by atoms with Gasteiger partial charge in [0.15, 0.2) is 0 Å². The van der Waals surface area contributed by atoms with Crippen LogP contribution < -0.4 is 5.73 Å². The van der Waals surface area contributed by atoms with Crippen LogP contribution in [0.3, 0.4) is 0 Å². The van der Waals surface area contributed by atoms with E-state index in [4.69, 9.17) is 16.2 Å². The molecule has 0 atom stereocenters. The average molecular weight is 371 g/mol. The second-order valence-corrected chi connectivity index (χ2v) is 6.52. The number of nitrogens with one attached hydrogen (secondary N) is 1. The molecule has 0 aliphatic rings. The van der Waals surface area contributed by atoms with Crippen molar-refractivity contribution < 1.29 is 4.39 Å². The van der Waals surface area contributed by atoms with E-state index in [1.54, 1.807) is 48.2 Å². The summed E-state index contributed by atoms with van der Waals surface area (Å²) in [6.45, 7) is 1.75. The minimum absolute atomic E-state index is 0.294. The number of fused-ring (bicyclic) bond motifs is 1. The van der Waals surface area contributed by atoms with Crippen LogP contribution in [0.15, 0.2) is 78.9 Å². The van der Waals surface area contributed by atoms with Crippen LogP contribution >= 0.6 is 0 Å². The van der Waals surface area contributed by atoms with E-state index >= 15 is 0 Å². The predicted octanol–water partition coefficient (Wildman–Crippen LogP) is 4.43. The van der Waals surface area contributed by atoms with Gasteiger partial charge in [-0.1, -0.05) is 0 Å². The molecule has 1 aromatic carbocycles. The highest BCUT2D eigenvalue weighted by Gasteiger charge is 2.17. The Balaban J connectivity index is 1.95. The summed E-state index contributed by atoms with van der Waals surface area (Å²) in [5.74, 6) is -0.294. The van der Waals surface area contributed by atoms with Crippen molar-refractivity contribution in [2.24, 2.45) is 5.73 Å². The van der Waals surface area contributed by atoms with Crippen molar-refractivity contribution in [2.75, 3.05) is 0 Å². The Morgan fingerprint density at radius 2 is 1.75 bits per heavy atom. The van der Waals surface area contributed by atoms with Gasteiger partial charge in [-0.3, -0.25) is 4.98 Å². The molecule has 138 valence electrons. The lowest BCUT2D eigenvalue weighted by molar-refractivity contribution is 0.628. The van der Waals surface area contributed by atoms with Gasteiger partial charge < -0.3 is 11.1 Å². The molecule has 3 aromatic heterocycles. The van der Waals surface area contributed by atoms with Crippen molar-refractivity contribution in [2.45, 2.75) is 6.92 Å². The third kappa shape index (κ3) is 3.27. The summed E-state index contributed by atoms with van der Waals surface area (Å²) in [7, 11) is 0. The van der Waals surface area contributed by atoms with Crippen molar-refractivity contribution in [1.82, 2.24) is 14.6 Å². The molecule has 0 bridgehead atoms. The van der Waals surface area contributed by atoms with Crippen molar-refractivity contribution in [3.63, 3.8) is 0 Å². The molecule has 3 N–H and O–H groups in total. The van der Waals surface area contributed by atoms with Crippen molar-refractivity contribution in [3.8, 4) is 22.4 Å². The topological polar surface area (TPSA) is 80.1 Å². The van der Waals surface area contributed by atoms with E-state index in [-0.39, 0.29) is 5.82 Å². The Labute approximate surface area is 161 Å². The van der Waals surface area contributed by atoms with Gasteiger partial charge in [0.1, 0.15) is 11.5 Å². The number of benzene rings is 1. The monoisotopic (exact) mass is 371 g/mol. The van der Waals surface area contributed by atoms with Gasteiger partial charge in [0.2, 0.25) is 0 Å². The van der Waals surface area contributed by atoms with Gasteiger partial charge in [-0.05, 0) is 67.1 Å². The number of hydrogen-bond acceptors (Lipinski definition) is 4. The number of hydrogen-bond donors (Lipinski definition) is 2. The number of allylic oxidation sites excluding steroid dienone is 2. The lowest BCUT2D eigenvalue weighted by atomic mass is 10.0. The fourth-order valence-electron chi connectivity index (χ4n) is 3.13. The molecular weight excluding hydrogens is 353 g/mol. The number of nitrogens with zero attached hydrogens (tertiary/aromatic N) is 3. The summed E-state index contributed by atoms with van der Waals surface area (Å²) in [6.07, 6.45) is 6.86. The summed E-state index contributed by atoms with van der Waals surface area (Å²) >= 11 is 0. The first-order valence-corrected chi connectivity index (χ1v) is 8.74. The van der Waals surface area contributed by atoms with Crippen molar-refractivity contribution in [1.29, 1.82) is 5.41 Å². The second-order valence-electron chi connectivity index (χ2n) is 6.52. The van der Waals surface area contributed by atoms with E-state index in [2.05, 4.69) is 4.98 Å². The summed E-state index contributed by atoms with van der Waals surface area (Å²) in [5.41, 5.74) is 11.6. The smallest absolute Gasteiger partial charge is 0.123 e. The molecule has 0 unspecified atom stereocenters. The highest BCUT2D eigenvalue weighted by Crippen LogP contribution is 2.35. The highest BCUT2D eigenvalue weighted by atomic mass is 19.1. The molecule has 3 heterocycles. The molecule has 6 heteroatoms. The van der Waals surface area contributed by atoms with E-state index in [0.717, 1.165) is 27.9 Å². The zero-order chi connectivity index (χ0) is 19.7. The van der Waals surface area contributed by atoms with E-state index in [1.165, 1.54) is 12.1 Å². The number of pyridine rings is 2. The SMILES string of the molecule is C/C(N)=C/C(=N)c1ccc2c(-c3ccncc3)c(-c3ccc(F)cc3)nn2c1. The standard InChI is InChI=1S/C22H18FN5/c1-14(24)12-19(25)17-4-7-20-21(15-8-10-26-11-9-15)22(27-28(20)13-17)16-2-5-18(23)6-3-16/h2-13,25H,24H2,1H3/b14-12-,25-19?. The Morgan fingerprint density at radius 1 is 1.04 bits per heavy atom. The van der Waals surface area contributed by atoms with E-state index in [1.807, 2.05) is 24.3 Å². The number of aromatic nitrogens is 3. The average Bonchev–Trinajstić information content (AvgIpc) is 3.07. The zero-order valence-electron chi connectivity index (χ0n) is 15.2. The van der Waals surface area contributed by atoms with Gasteiger partial charge in [0.05, 0.1) is 11.2 Å². The molecule has 0 saturated carbocycles. The first-order chi connectivity index (χ1) is 13.5. The predicted molar refractivity (Wildman–Crippen MR) is 109 cm³/mol. The second kappa shape index (κ2) is 7.08. The molecule has 0 aliphatic carbocycles. The van der Waals surface area contributed by atoms with Gasteiger partial charge in [0.25, 0.3) is 0 Å². The van der Waals surface area contributed by atoms with Gasteiger partial charge in [-0.25, -0.2) is 8.91 Å². The molecule has 4 rings (SSSR count). The third-order valence-corrected chi connectivity index (χ3v) is 4.40. The number of halogens is 1. The van der Waals surface area contributed by atoms with Crippen molar-refractivity contribution >= 4 is 11.2 Å². The van der Waals surface area contributed by atoms with Gasteiger partial charge in [-0.2, -0.15) is 5.10 Å². The zero-order valence-corrected chi connectivity index (χ0v) is 15.2. The maximum Gasteiger partial charge on any atom is 0.123 e. The molecule has 0 saturated heterocycles. The van der Waals surface area contributed by atoms with Crippen LogP contribution in [-0.2, 0) is 0 Å². The Kier molecular flexibility index (Phi) is 4.45. The lowest BCUT2D eigenvalue weighted by Gasteiger charge is -2.04. The van der Waals surface area contributed by atoms with Crippen molar-refractivity contribution in [3.05, 3.63) is 90.3 Å². The van der Waals surface area contributed by atoms with Crippen LogP contribution in [0.1, 0.15) is 12.5 Å². The number of nitrogens with two attached hydrogens (primary N) is 1. The Bertz CT molecular complexity index is 1190. The van der Waals surface area contributed by atoms with Crippen LogP contribution in [-0.4, -0.2) is 20.3 Å². The normalized spacial score (nSPS) is 11.7. The molecule has 0 fully saturated rings. The van der Waals surface area contributed by atoms with Gasteiger partial charge in [0, 0.05) is 41.0 Å². The molecule has 28 heavy (non-hydrogen) atoms. The minimum Gasteiger partial charge on any atom is -0.402 e. The minimum atomic E-state index is -0.294. The van der Waals surface area contributed by atoms with Crippen LogP contribution in [0.25, 0.3) is 27.9 Å². The van der Waals surface area contributed by atoms with Crippen LogP contribution in [0.2, 0.25) is 0 Å². The van der Waals surface area contributed by atoms with Crippen LogP contribution in [0, 0.1) is 11.2 Å². The molecule has 0 spiro atoms. The maximum absolute atomic E-state index is 13.4. The first-order valence-electron chi connectivity index (χ1n) is 8.74. The molecule has 5 nitrogen and oxygen atoms in total. The van der Waals surface area contributed by atoms with E-state index in [9.17, 15) is 4.39 Å². The van der Waals surface area contributed by atoms with E-state index < -0.39 is 0 Å². The van der Waals surface area contributed by atoms with E-state index in [0.29, 0.717) is 17.0 Å². The van der Waals surface area contributed by atoms with Gasteiger partial charge in [-0.15, -0.1) is 0 Å². The Hall–Kier alpha value is -3.80. The lowest BCUT2D eigenvalue weighted by Crippen LogP contribution is -2.02. The molecule has 4 aromatic rings. The van der Waals surface area contributed by atoms with Crippen LogP contribution in [0.4, 0.5) is 4.39 Å². The number of rotatable bonds is 4. The maximum atomic E-state index is 13.4.